The van der Waals surface area contributed by atoms with Crippen molar-refractivity contribution in [3.63, 3.8) is 0 Å². The summed E-state index contributed by atoms with van der Waals surface area (Å²) in [5.41, 5.74) is 1.18. The smallest absolute Gasteiger partial charge is 0.238 e. The minimum atomic E-state index is -3.73. The number of rotatable bonds is 16. The van der Waals surface area contributed by atoms with Gasteiger partial charge in [0.05, 0.1) is 17.0 Å². The van der Waals surface area contributed by atoms with E-state index < -0.39 is 10.0 Å². The Labute approximate surface area is 263 Å². The van der Waals surface area contributed by atoms with Crippen molar-refractivity contribution < 1.29 is 17.9 Å². The van der Waals surface area contributed by atoms with Crippen LogP contribution in [0, 0.1) is 11.3 Å². The molecule has 1 unspecified atom stereocenters. The first kappa shape index (κ1) is 37.6. The fourth-order valence-corrected chi connectivity index (χ4v) is 5.39. The summed E-state index contributed by atoms with van der Waals surface area (Å²) in [7, 11) is -3.73. The summed E-state index contributed by atoms with van der Waals surface area (Å²) in [5, 5.41) is 16.9. The molecule has 3 rings (SSSR count). The van der Waals surface area contributed by atoms with Crippen LogP contribution in [0.5, 0.6) is 11.5 Å². The molecule has 9 nitrogen and oxygen atoms in total. The molecular weight excluding hydrogens is 597 g/mol. The van der Waals surface area contributed by atoms with Gasteiger partial charge in [-0.1, -0.05) is 44.7 Å². The van der Waals surface area contributed by atoms with Gasteiger partial charge >= 0.3 is 0 Å². The standard InChI is InChI=1S/C30H43N5O4S.2ClH/c1-2-3-9-29(30(36)33-19-8-6-4-5-7-18-31)35-22-20-34(21-23-35)24-25-10-12-26(13-11-25)39-27-14-16-28(17-15-27)40(32,37)38;;/h10-17,29H,2-9,19-24H2,1H3,(H,33,36)(H2,32,37,38);2*1H. The molecule has 1 aliphatic rings. The summed E-state index contributed by atoms with van der Waals surface area (Å²) in [4.78, 5) is 17.8. The number of hydrogen-bond acceptors (Lipinski definition) is 7. The summed E-state index contributed by atoms with van der Waals surface area (Å²) in [5.74, 6) is 1.35. The second kappa shape index (κ2) is 19.7. The first-order valence-electron chi connectivity index (χ1n) is 14.3. The lowest BCUT2D eigenvalue weighted by Crippen LogP contribution is -2.54. The minimum absolute atomic E-state index is 0. The van der Waals surface area contributed by atoms with E-state index in [9.17, 15) is 13.2 Å². The maximum atomic E-state index is 13.0. The number of nitrogens with one attached hydrogen (secondary N) is 1. The summed E-state index contributed by atoms with van der Waals surface area (Å²) in [6, 6.07) is 16.0. The minimum Gasteiger partial charge on any atom is -0.457 e. The van der Waals surface area contributed by atoms with E-state index in [2.05, 4.69) is 28.1 Å². The quantitative estimate of drug-likeness (QED) is 0.240. The van der Waals surface area contributed by atoms with Crippen molar-refractivity contribution in [2.24, 2.45) is 5.14 Å². The predicted octanol–water partition coefficient (Wildman–Crippen LogP) is 5.24. The Hall–Kier alpha value is -2.39. The maximum absolute atomic E-state index is 13.0. The van der Waals surface area contributed by atoms with Crippen molar-refractivity contribution in [3.05, 3.63) is 54.1 Å². The third-order valence-corrected chi connectivity index (χ3v) is 8.14. The van der Waals surface area contributed by atoms with E-state index in [-0.39, 0.29) is 41.7 Å². The Balaban J connectivity index is 0.00000441. The molecule has 0 spiro atoms. The van der Waals surface area contributed by atoms with E-state index in [4.69, 9.17) is 15.1 Å². The number of unbranched alkanes of at least 4 members (excludes halogenated alkanes) is 5. The molecule has 0 aliphatic carbocycles. The fourth-order valence-electron chi connectivity index (χ4n) is 4.88. The van der Waals surface area contributed by atoms with Crippen molar-refractivity contribution in [2.75, 3.05) is 32.7 Å². The number of halogens is 2. The zero-order chi connectivity index (χ0) is 28.8. The summed E-state index contributed by atoms with van der Waals surface area (Å²) in [6.07, 6.45) is 7.58. The second-order valence-corrected chi connectivity index (χ2v) is 11.9. The normalized spacial score (nSPS) is 14.6. The lowest BCUT2D eigenvalue weighted by atomic mass is 10.1. The van der Waals surface area contributed by atoms with Crippen molar-refractivity contribution >= 4 is 40.7 Å². The van der Waals surface area contributed by atoms with Gasteiger partial charge in [0.25, 0.3) is 0 Å². The van der Waals surface area contributed by atoms with Gasteiger partial charge in [-0.3, -0.25) is 14.6 Å². The molecule has 42 heavy (non-hydrogen) atoms. The molecule has 234 valence electrons. The van der Waals surface area contributed by atoms with Crippen LogP contribution in [0.25, 0.3) is 0 Å². The molecule has 3 N–H and O–H groups in total. The van der Waals surface area contributed by atoms with Crippen LogP contribution < -0.4 is 15.2 Å². The number of nitriles is 1. The number of hydrogen-bond donors (Lipinski definition) is 2. The third-order valence-electron chi connectivity index (χ3n) is 7.21. The highest BCUT2D eigenvalue weighted by Crippen LogP contribution is 2.24. The van der Waals surface area contributed by atoms with Gasteiger partial charge < -0.3 is 10.1 Å². The molecule has 1 amide bonds. The van der Waals surface area contributed by atoms with Gasteiger partial charge in [0.2, 0.25) is 15.9 Å². The Kier molecular flexibility index (Phi) is 17.7. The fraction of sp³-hybridized carbons (Fsp3) is 0.533. The van der Waals surface area contributed by atoms with Crippen LogP contribution in [0.2, 0.25) is 0 Å². The first-order valence-corrected chi connectivity index (χ1v) is 15.9. The Bertz CT molecular complexity index is 1200. The van der Waals surface area contributed by atoms with Gasteiger partial charge in [0, 0.05) is 45.7 Å². The van der Waals surface area contributed by atoms with E-state index in [1.165, 1.54) is 17.7 Å². The molecule has 0 saturated carbocycles. The topological polar surface area (TPSA) is 129 Å². The Morgan fingerprint density at radius 1 is 0.952 bits per heavy atom. The Morgan fingerprint density at radius 2 is 1.55 bits per heavy atom. The van der Waals surface area contributed by atoms with Crippen LogP contribution in [-0.4, -0.2) is 62.9 Å². The summed E-state index contributed by atoms with van der Waals surface area (Å²) >= 11 is 0. The Morgan fingerprint density at radius 3 is 2.12 bits per heavy atom. The largest absolute Gasteiger partial charge is 0.457 e. The number of amides is 1. The van der Waals surface area contributed by atoms with Crippen molar-refractivity contribution in [1.29, 1.82) is 5.26 Å². The van der Waals surface area contributed by atoms with Crippen LogP contribution in [0.1, 0.15) is 63.9 Å². The second-order valence-electron chi connectivity index (χ2n) is 10.3. The number of piperazine rings is 1. The molecule has 12 heteroatoms. The van der Waals surface area contributed by atoms with Crippen molar-refractivity contribution in [3.8, 4) is 17.6 Å². The number of carbonyl (C=O) groups is 1. The van der Waals surface area contributed by atoms with Crippen LogP contribution in [0.4, 0.5) is 0 Å². The zero-order valence-electron chi connectivity index (χ0n) is 24.4. The molecular formula is C30H45Cl2N5O4S. The van der Waals surface area contributed by atoms with Gasteiger partial charge in [0.1, 0.15) is 11.5 Å². The van der Waals surface area contributed by atoms with E-state index in [1.807, 2.05) is 24.3 Å². The average Bonchev–Trinajstić information content (AvgIpc) is 2.94. The third kappa shape index (κ3) is 12.9. The highest BCUT2D eigenvalue weighted by molar-refractivity contribution is 7.89. The number of benzene rings is 2. The SMILES string of the molecule is CCCCC(C(=O)NCCCCCCC#N)N1CCN(Cc2ccc(Oc3ccc(S(N)(=O)=O)cc3)cc2)CC1.Cl.Cl. The van der Waals surface area contributed by atoms with Crippen LogP contribution in [0.15, 0.2) is 53.4 Å². The highest BCUT2D eigenvalue weighted by atomic mass is 35.5. The van der Waals surface area contributed by atoms with Gasteiger partial charge in [-0.2, -0.15) is 5.26 Å². The lowest BCUT2D eigenvalue weighted by molar-refractivity contribution is -0.127. The molecule has 1 heterocycles. The number of carbonyl (C=O) groups excluding carboxylic acids is 1. The number of nitrogens with two attached hydrogens (primary N) is 1. The molecule has 2 aromatic rings. The number of nitrogens with zero attached hydrogens (tertiary/aromatic N) is 3. The van der Waals surface area contributed by atoms with E-state index >= 15 is 0 Å². The molecule has 0 radical (unpaired) electrons. The molecule has 0 aromatic heterocycles. The van der Waals surface area contributed by atoms with Crippen molar-refractivity contribution in [2.45, 2.75) is 75.8 Å². The predicted molar refractivity (Wildman–Crippen MR) is 171 cm³/mol. The highest BCUT2D eigenvalue weighted by Gasteiger charge is 2.28. The van der Waals surface area contributed by atoms with Gasteiger partial charge in [-0.15, -0.1) is 24.8 Å². The molecule has 2 aromatic carbocycles. The number of sulfonamides is 1. The summed E-state index contributed by atoms with van der Waals surface area (Å²) in [6.45, 7) is 7.24. The van der Waals surface area contributed by atoms with Crippen LogP contribution >= 0.6 is 24.8 Å². The average molecular weight is 643 g/mol. The lowest BCUT2D eigenvalue weighted by Gasteiger charge is -2.38. The van der Waals surface area contributed by atoms with Gasteiger partial charge in [-0.05, 0) is 61.2 Å². The monoisotopic (exact) mass is 641 g/mol. The van der Waals surface area contributed by atoms with Crippen LogP contribution in [0.3, 0.4) is 0 Å². The molecule has 1 atom stereocenters. The van der Waals surface area contributed by atoms with Gasteiger partial charge in [0.15, 0.2) is 0 Å². The molecule has 1 saturated heterocycles. The van der Waals surface area contributed by atoms with Crippen LogP contribution in [-0.2, 0) is 21.4 Å². The van der Waals surface area contributed by atoms with E-state index in [0.29, 0.717) is 24.5 Å². The molecule has 1 fully saturated rings. The van der Waals surface area contributed by atoms with Gasteiger partial charge in [-0.25, -0.2) is 13.6 Å². The van der Waals surface area contributed by atoms with E-state index in [1.54, 1.807) is 12.1 Å². The maximum Gasteiger partial charge on any atom is 0.238 e. The first-order chi connectivity index (χ1) is 19.3. The van der Waals surface area contributed by atoms with E-state index in [0.717, 1.165) is 77.7 Å². The van der Waals surface area contributed by atoms with Crippen molar-refractivity contribution in [1.82, 2.24) is 15.1 Å². The molecule has 1 aliphatic heterocycles. The zero-order valence-corrected chi connectivity index (χ0v) is 26.8. The summed E-state index contributed by atoms with van der Waals surface area (Å²) < 4.78 is 28.7. The molecule has 0 bridgehead atoms. The number of primary sulfonamides is 1. The number of ether oxygens (including phenoxy) is 1.